The number of nitrogens with zero attached hydrogens (tertiary/aromatic N) is 1. The molecule has 1 aromatic carbocycles. The molecule has 20 heavy (non-hydrogen) atoms. The van der Waals surface area contributed by atoms with E-state index in [0.717, 1.165) is 10.4 Å². The zero-order valence-corrected chi connectivity index (χ0v) is 13.1. The average molecular weight is 332 g/mol. The van der Waals surface area contributed by atoms with Crippen LogP contribution in [-0.4, -0.2) is 20.4 Å². The number of aromatic nitrogens is 1. The summed E-state index contributed by atoms with van der Waals surface area (Å²) in [6.45, 7) is 0.786. The minimum atomic E-state index is -3.64. The van der Waals surface area contributed by atoms with Crippen molar-refractivity contribution in [2.45, 2.75) is 18.0 Å². The lowest BCUT2D eigenvalue weighted by atomic mass is 10.2. The van der Waals surface area contributed by atoms with E-state index in [1.165, 1.54) is 11.3 Å². The van der Waals surface area contributed by atoms with Gasteiger partial charge in [0, 0.05) is 24.2 Å². The zero-order chi connectivity index (χ0) is 14.6. The maximum Gasteiger partial charge on any atom is 0.242 e. The summed E-state index contributed by atoms with van der Waals surface area (Å²) in [6.07, 6.45) is 1.63. The van der Waals surface area contributed by atoms with Gasteiger partial charge in [0.1, 0.15) is 4.90 Å². The van der Waals surface area contributed by atoms with Gasteiger partial charge in [-0.25, -0.2) is 13.1 Å². The normalized spacial score (nSPS) is 11.7. The summed E-state index contributed by atoms with van der Waals surface area (Å²) in [6, 6.07) is 4.96. The summed E-state index contributed by atoms with van der Waals surface area (Å²) in [5, 5.41) is 3.18. The van der Waals surface area contributed by atoms with Crippen LogP contribution in [0.4, 0.5) is 0 Å². The molecule has 0 radical (unpaired) electrons. The van der Waals surface area contributed by atoms with E-state index in [2.05, 4.69) is 15.0 Å². The van der Waals surface area contributed by atoms with E-state index < -0.39 is 10.0 Å². The van der Waals surface area contributed by atoms with Crippen molar-refractivity contribution >= 4 is 33.0 Å². The summed E-state index contributed by atoms with van der Waals surface area (Å²) < 4.78 is 27.1. The molecule has 1 aromatic heterocycles. The fourth-order valence-electron chi connectivity index (χ4n) is 1.64. The first-order valence-corrected chi connectivity index (χ1v) is 8.57. The first-order chi connectivity index (χ1) is 9.53. The third kappa shape index (κ3) is 3.77. The van der Waals surface area contributed by atoms with Crippen LogP contribution in [0, 0.1) is 0 Å². The van der Waals surface area contributed by atoms with Crippen molar-refractivity contribution in [2.75, 3.05) is 7.05 Å². The second-order valence-electron chi connectivity index (χ2n) is 4.09. The van der Waals surface area contributed by atoms with Crippen molar-refractivity contribution in [2.24, 2.45) is 0 Å². The number of halogens is 1. The van der Waals surface area contributed by atoms with E-state index in [9.17, 15) is 8.42 Å². The standard InChI is InChI=1S/C12H14ClN3O2S2/c1-14-5-9-2-3-11(13)12(4-9)20(17,18)16-7-10-6-15-8-19-10/h2-4,6,8,14,16H,5,7H2,1H3. The van der Waals surface area contributed by atoms with Gasteiger partial charge in [-0.05, 0) is 24.7 Å². The Morgan fingerprint density at radius 2 is 2.15 bits per heavy atom. The van der Waals surface area contributed by atoms with Crippen molar-refractivity contribution in [3.8, 4) is 0 Å². The molecule has 0 saturated carbocycles. The largest absolute Gasteiger partial charge is 0.316 e. The Hall–Kier alpha value is -0.990. The zero-order valence-electron chi connectivity index (χ0n) is 10.8. The van der Waals surface area contributed by atoms with Gasteiger partial charge in [0.25, 0.3) is 0 Å². The molecular weight excluding hydrogens is 318 g/mol. The Labute approximate surface area is 127 Å². The van der Waals surface area contributed by atoms with E-state index in [-0.39, 0.29) is 16.5 Å². The van der Waals surface area contributed by atoms with Gasteiger partial charge in [0.15, 0.2) is 0 Å². The second-order valence-corrected chi connectivity index (χ2v) is 7.20. The van der Waals surface area contributed by atoms with Crippen LogP contribution in [0.2, 0.25) is 5.02 Å². The van der Waals surface area contributed by atoms with E-state index in [4.69, 9.17) is 11.6 Å². The predicted molar refractivity (Wildman–Crippen MR) is 80.4 cm³/mol. The minimum Gasteiger partial charge on any atom is -0.316 e. The predicted octanol–water partition coefficient (Wildman–Crippen LogP) is 1.99. The first kappa shape index (κ1) is 15.4. The Morgan fingerprint density at radius 3 is 2.80 bits per heavy atom. The molecule has 2 N–H and O–H groups in total. The number of nitrogens with one attached hydrogen (secondary N) is 2. The molecule has 108 valence electrons. The summed E-state index contributed by atoms with van der Waals surface area (Å²) in [5.74, 6) is 0. The van der Waals surface area contributed by atoms with Crippen molar-refractivity contribution < 1.29 is 8.42 Å². The van der Waals surface area contributed by atoms with E-state index >= 15 is 0 Å². The van der Waals surface area contributed by atoms with Gasteiger partial charge in [-0.1, -0.05) is 17.7 Å². The van der Waals surface area contributed by atoms with Gasteiger partial charge < -0.3 is 5.32 Å². The highest BCUT2D eigenvalue weighted by molar-refractivity contribution is 7.89. The van der Waals surface area contributed by atoms with Gasteiger partial charge in [-0.2, -0.15) is 0 Å². The molecule has 0 fully saturated rings. The van der Waals surface area contributed by atoms with Gasteiger partial charge in [0.05, 0.1) is 10.5 Å². The van der Waals surface area contributed by atoms with Crippen LogP contribution >= 0.6 is 22.9 Å². The third-order valence-electron chi connectivity index (χ3n) is 2.59. The number of hydrogen-bond donors (Lipinski definition) is 2. The molecule has 5 nitrogen and oxygen atoms in total. The smallest absolute Gasteiger partial charge is 0.242 e. The molecule has 0 atom stereocenters. The lowest BCUT2D eigenvalue weighted by molar-refractivity contribution is 0.581. The first-order valence-electron chi connectivity index (χ1n) is 5.83. The van der Waals surface area contributed by atoms with Crippen molar-refractivity contribution in [1.82, 2.24) is 15.0 Å². The summed E-state index contributed by atoms with van der Waals surface area (Å²) in [7, 11) is -1.84. The topological polar surface area (TPSA) is 71.1 Å². The average Bonchev–Trinajstić information content (AvgIpc) is 2.92. The van der Waals surface area contributed by atoms with Crippen LogP contribution in [-0.2, 0) is 23.1 Å². The second kappa shape index (κ2) is 6.64. The molecule has 1 heterocycles. The molecule has 0 bridgehead atoms. The Bertz CT molecular complexity index is 672. The van der Waals surface area contributed by atoms with Crippen LogP contribution in [0.15, 0.2) is 34.8 Å². The van der Waals surface area contributed by atoms with E-state index in [1.54, 1.807) is 37.0 Å². The van der Waals surface area contributed by atoms with Crippen molar-refractivity contribution in [3.63, 3.8) is 0 Å². The maximum atomic E-state index is 12.3. The molecule has 0 spiro atoms. The highest BCUT2D eigenvalue weighted by atomic mass is 35.5. The molecule has 0 unspecified atom stereocenters. The molecule has 0 amide bonds. The van der Waals surface area contributed by atoms with Crippen LogP contribution in [0.25, 0.3) is 0 Å². The number of rotatable bonds is 6. The van der Waals surface area contributed by atoms with Crippen LogP contribution < -0.4 is 10.0 Å². The fourth-order valence-corrected chi connectivity index (χ4v) is 3.82. The number of thiazole rings is 1. The number of hydrogen-bond acceptors (Lipinski definition) is 5. The van der Waals surface area contributed by atoms with Crippen molar-refractivity contribution in [3.05, 3.63) is 45.4 Å². The minimum absolute atomic E-state index is 0.0939. The number of benzene rings is 1. The highest BCUT2D eigenvalue weighted by Gasteiger charge is 2.18. The molecule has 0 aliphatic heterocycles. The van der Waals surface area contributed by atoms with Crippen LogP contribution in [0.1, 0.15) is 10.4 Å². The molecule has 0 aliphatic rings. The SMILES string of the molecule is CNCc1ccc(Cl)c(S(=O)(=O)NCc2cncs2)c1. The third-order valence-corrected chi connectivity index (χ3v) is 5.25. The molecular formula is C12H14ClN3O2S2. The lowest BCUT2D eigenvalue weighted by Gasteiger charge is -2.09. The summed E-state index contributed by atoms with van der Waals surface area (Å²) >= 11 is 7.39. The van der Waals surface area contributed by atoms with Gasteiger partial charge in [-0.15, -0.1) is 11.3 Å². The Morgan fingerprint density at radius 1 is 1.35 bits per heavy atom. The lowest BCUT2D eigenvalue weighted by Crippen LogP contribution is -2.23. The van der Waals surface area contributed by atoms with Crippen molar-refractivity contribution in [1.29, 1.82) is 0 Å². The fraction of sp³-hybridized carbons (Fsp3) is 0.250. The maximum absolute atomic E-state index is 12.3. The van der Waals surface area contributed by atoms with E-state index in [0.29, 0.717) is 6.54 Å². The molecule has 0 aliphatic carbocycles. The van der Waals surface area contributed by atoms with Gasteiger partial charge in [-0.3, -0.25) is 4.98 Å². The molecule has 0 saturated heterocycles. The Kier molecular flexibility index (Phi) is 5.11. The molecule has 2 rings (SSSR count). The summed E-state index contributed by atoms with van der Waals surface area (Å²) in [5.41, 5.74) is 2.51. The quantitative estimate of drug-likeness (QED) is 0.849. The van der Waals surface area contributed by atoms with Crippen LogP contribution in [0.3, 0.4) is 0 Å². The Balaban J connectivity index is 2.21. The summed E-state index contributed by atoms with van der Waals surface area (Å²) in [4.78, 5) is 4.84. The monoisotopic (exact) mass is 331 g/mol. The molecule has 2 aromatic rings. The number of sulfonamides is 1. The van der Waals surface area contributed by atoms with Crippen LogP contribution in [0.5, 0.6) is 0 Å². The van der Waals surface area contributed by atoms with Gasteiger partial charge >= 0.3 is 0 Å². The highest BCUT2D eigenvalue weighted by Crippen LogP contribution is 2.23. The van der Waals surface area contributed by atoms with E-state index in [1.807, 2.05) is 0 Å². The van der Waals surface area contributed by atoms with Gasteiger partial charge in [0.2, 0.25) is 10.0 Å². The molecule has 8 heteroatoms.